The molecule has 2 atom stereocenters. The third kappa shape index (κ3) is 4.31. The molecule has 0 aliphatic carbocycles. The molecule has 0 saturated carbocycles. The number of hydrogen-bond acceptors (Lipinski definition) is 4. The van der Waals surface area contributed by atoms with E-state index in [-0.39, 0.29) is 30.6 Å². The lowest BCUT2D eigenvalue weighted by atomic mass is 9.87. The van der Waals surface area contributed by atoms with E-state index < -0.39 is 17.4 Å². The molecular formula is C13H21N2O4. The molecule has 1 heterocycles. The molecule has 0 spiro atoms. The van der Waals surface area contributed by atoms with Gasteiger partial charge in [0.1, 0.15) is 6.61 Å². The van der Waals surface area contributed by atoms with Crippen molar-refractivity contribution in [3.63, 3.8) is 0 Å². The molecule has 1 fully saturated rings. The Hall–Kier alpha value is -1.43. The number of amides is 2. The van der Waals surface area contributed by atoms with E-state index in [0.717, 1.165) is 0 Å². The number of ether oxygens (including phenoxy) is 1. The first-order chi connectivity index (χ1) is 8.74. The first kappa shape index (κ1) is 15.6. The minimum absolute atomic E-state index is 0.0298. The van der Waals surface area contributed by atoms with E-state index in [1.54, 1.807) is 13.8 Å². The second-order valence-electron chi connectivity index (χ2n) is 5.60. The summed E-state index contributed by atoms with van der Waals surface area (Å²) in [4.78, 5) is 34.5. The molecular weight excluding hydrogens is 248 g/mol. The summed E-state index contributed by atoms with van der Waals surface area (Å²) in [5, 5.41) is 2.65. The fourth-order valence-electron chi connectivity index (χ4n) is 1.73. The third-order valence-electron chi connectivity index (χ3n) is 3.30. The van der Waals surface area contributed by atoms with E-state index in [2.05, 4.69) is 5.32 Å². The summed E-state index contributed by atoms with van der Waals surface area (Å²) in [5.41, 5.74) is 4.45. The quantitative estimate of drug-likeness (QED) is 0.722. The van der Waals surface area contributed by atoms with Crippen molar-refractivity contribution in [2.24, 2.45) is 17.1 Å². The Balaban J connectivity index is 2.47. The smallest absolute Gasteiger partial charge is 0.224 e. The number of ketones is 1. The van der Waals surface area contributed by atoms with Crippen LogP contribution in [-0.4, -0.2) is 36.9 Å². The number of hydrogen-bond donors (Lipinski definition) is 2. The molecule has 1 radical (unpaired) electrons. The van der Waals surface area contributed by atoms with Gasteiger partial charge >= 0.3 is 0 Å². The van der Waals surface area contributed by atoms with Gasteiger partial charge in [0, 0.05) is 11.3 Å². The molecule has 2 amide bonds. The summed E-state index contributed by atoms with van der Waals surface area (Å²) < 4.78 is 5.08. The molecule has 107 valence electrons. The van der Waals surface area contributed by atoms with Crippen LogP contribution in [0.5, 0.6) is 0 Å². The normalized spacial score (nSPS) is 24.1. The fraction of sp³-hybridized carbons (Fsp3) is 0.692. The van der Waals surface area contributed by atoms with Crippen molar-refractivity contribution < 1.29 is 19.1 Å². The van der Waals surface area contributed by atoms with Crippen molar-refractivity contribution in [3.8, 4) is 0 Å². The molecule has 19 heavy (non-hydrogen) atoms. The molecule has 1 aliphatic heterocycles. The number of carbonyl (C=O) groups excluding carboxylic acids is 3. The predicted molar refractivity (Wildman–Crippen MR) is 68.8 cm³/mol. The van der Waals surface area contributed by atoms with Gasteiger partial charge in [-0.2, -0.15) is 0 Å². The highest BCUT2D eigenvalue weighted by Gasteiger charge is 2.32. The number of nitrogens with one attached hydrogen (secondary N) is 1. The van der Waals surface area contributed by atoms with Gasteiger partial charge in [-0.15, -0.1) is 0 Å². The molecule has 0 aromatic heterocycles. The molecule has 0 aromatic carbocycles. The van der Waals surface area contributed by atoms with Crippen LogP contribution in [-0.2, 0) is 19.1 Å². The topological polar surface area (TPSA) is 98.5 Å². The Bertz CT molecular complexity index is 379. The van der Waals surface area contributed by atoms with Gasteiger partial charge in [-0.3, -0.25) is 14.4 Å². The first-order valence-electron chi connectivity index (χ1n) is 6.28. The van der Waals surface area contributed by atoms with E-state index in [4.69, 9.17) is 10.5 Å². The minimum atomic E-state index is -0.775. The van der Waals surface area contributed by atoms with Crippen LogP contribution in [0.1, 0.15) is 27.2 Å². The lowest BCUT2D eigenvalue weighted by molar-refractivity contribution is -0.136. The molecule has 2 unspecified atom stereocenters. The van der Waals surface area contributed by atoms with Crippen LogP contribution in [0.25, 0.3) is 0 Å². The van der Waals surface area contributed by atoms with E-state index in [1.165, 1.54) is 6.42 Å². The van der Waals surface area contributed by atoms with Crippen LogP contribution >= 0.6 is 0 Å². The number of rotatable bonds is 5. The van der Waals surface area contributed by atoms with Gasteiger partial charge in [0.25, 0.3) is 0 Å². The highest BCUT2D eigenvalue weighted by molar-refractivity contribution is 5.93. The standard InChI is InChI=1S/C13H21N2O4/c1-8-6-19-7-9(16)11(8)15-10(17)4-5-13(2,3)12(14)18/h4,8,11H,5-7H2,1-3H3,(H2,14,18)(H,15,17). The maximum atomic E-state index is 11.8. The van der Waals surface area contributed by atoms with Crippen LogP contribution in [0, 0.1) is 17.8 Å². The van der Waals surface area contributed by atoms with Gasteiger partial charge in [0.05, 0.1) is 19.1 Å². The van der Waals surface area contributed by atoms with Gasteiger partial charge in [-0.05, 0) is 6.42 Å². The van der Waals surface area contributed by atoms with E-state index in [0.29, 0.717) is 6.61 Å². The summed E-state index contributed by atoms with van der Waals surface area (Å²) >= 11 is 0. The monoisotopic (exact) mass is 269 g/mol. The average Bonchev–Trinajstić information content (AvgIpc) is 2.31. The Morgan fingerprint density at radius 2 is 2.16 bits per heavy atom. The molecule has 1 rings (SSSR count). The molecule has 1 saturated heterocycles. The molecule has 0 aromatic rings. The lowest BCUT2D eigenvalue weighted by Crippen LogP contribution is -2.51. The Morgan fingerprint density at radius 3 is 2.68 bits per heavy atom. The van der Waals surface area contributed by atoms with Crippen LogP contribution in [0.4, 0.5) is 0 Å². The second kappa shape index (κ2) is 6.14. The molecule has 3 N–H and O–H groups in total. The van der Waals surface area contributed by atoms with Crippen LogP contribution in [0.3, 0.4) is 0 Å². The summed E-state index contributed by atoms with van der Waals surface area (Å²) in [6.45, 7) is 5.66. The van der Waals surface area contributed by atoms with Crippen molar-refractivity contribution in [1.29, 1.82) is 0 Å². The summed E-state index contributed by atoms with van der Waals surface area (Å²) in [6, 6.07) is -0.519. The highest BCUT2D eigenvalue weighted by atomic mass is 16.5. The molecule has 1 aliphatic rings. The number of Topliss-reactive ketones (excluding diaryl/α,β-unsaturated/α-hetero) is 1. The zero-order valence-corrected chi connectivity index (χ0v) is 11.6. The third-order valence-corrected chi connectivity index (χ3v) is 3.30. The maximum absolute atomic E-state index is 11.8. The highest BCUT2D eigenvalue weighted by Crippen LogP contribution is 2.21. The summed E-state index contributed by atoms with van der Waals surface area (Å²) in [6.07, 6.45) is 1.60. The fourth-order valence-corrected chi connectivity index (χ4v) is 1.73. The van der Waals surface area contributed by atoms with Crippen LogP contribution in [0.2, 0.25) is 0 Å². The lowest BCUT2D eigenvalue weighted by Gasteiger charge is -2.28. The largest absolute Gasteiger partial charge is 0.373 e. The van der Waals surface area contributed by atoms with Crippen molar-refractivity contribution in [2.45, 2.75) is 33.2 Å². The molecule has 6 heteroatoms. The zero-order valence-electron chi connectivity index (χ0n) is 11.6. The molecule has 0 bridgehead atoms. The van der Waals surface area contributed by atoms with Crippen molar-refractivity contribution in [3.05, 3.63) is 6.42 Å². The number of nitrogens with two attached hydrogens (primary N) is 1. The van der Waals surface area contributed by atoms with Crippen LogP contribution < -0.4 is 11.1 Å². The van der Waals surface area contributed by atoms with Crippen LogP contribution in [0.15, 0.2) is 0 Å². The van der Waals surface area contributed by atoms with Crippen molar-refractivity contribution >= 4 is 17.6 Å². The van der Waals surface area contributed by atoms with Gasteiger partial charge in [0.2, 0.25) is 11.8 Å². The van der Waals surface area contributed by atoms with Crippen molar-refractivity contribution in [1.82, 2.24) is 5.32 Å². The van der Waals surface area contributed by atoms with E-state index >= 15 is 0 Å². The van der Waals surface area contributed by atoms with Gasteiger partial charge in [-0.1, -0.05) is 20.8 Å². The Labute approximate surface area is 113 Å². The van der Waals surface area contributed by atoms with Gasteiger partial charge < -0.3 is 15.8 Å². The summed E-state index contributed by atoms with van der Waals surface area (Å²) in [5.74, 6) is -1.01. The SMILES string of the molecule is CC1COCC(=O)C1NC(=O)[CH]CC(C)(C)C(N)=O. The van der Waals surface area contributed by atoms with Gasteiger partial charge in [0.15, 0.2) is 5.78 Å². The second-order valence-corrected chi connectivity index (χ2v) is 5.60. The first-order valence-corrected chi connectivity index (χ1v) is 6.28. The van der Waals surface area contributed by atoms with E-state index in [9.17, 15) is 14.4 Å². The predicted octanol–water partition coefficient (Wildman–Crippen LogP) is -0.188. The Kier molecular flexibility index (Phi) is 5.05. The number of primary amides is 1. The number of carbonyl (C=O) groups is 3. The van der Waals surface area contributed by atoms with E-state index in [1.807, 2.05) is 6.92 Å². The van der Waals surface area contributed by atoms with Gasteiger partial charge in [-0.25, -0.2) is 0 Å². The van der Waals surface area contributed by atoms with Crippen molar-refractivity contribution in [2.75, 3.05) is 13.2 Å². The molecule has 6 nitrogen and oxygen atoms in total. The summed E-state index contributed by atoms with van der Waals surface area (Å²) in [7, 11) is 0. The maximum Gasteiger partial charge on any atom is 0.224 e. The average molecular weight is 269 g/mol. The zero-order chi connectivity index (χ0) is 14.6. The minimum Gasteiger partial charge on any atom is -0.373 e. The Morgan fingerprint density at radius 1 is 1.53 bits per heavy atom.